The molecule has 1 atom stereocenters. The highest BCUT2D eigenvalue weighted by atomic mass is 16.5. The van der Waals surface area contributed by atoms with E-state index in [1.165, 1.54) is 7.11 Å². The van der Waals surface area contributed by atoms with Gasteiger partial charge in [0.25, 0.3) is 0 Å². The summed E-state index contributed by atoms with van der Waals surface area (Å²) in [5, 5.41) is 0. The molecule has 0 saturated heterocycles. The Balaban J connectivity index is 2.40. The van der Waals surface area contributed by atoms with Crippen LogP contribution in [-0.4, -0.2) is 18.1 Å². The number of fused-ring (bicyclic) bond motifs is 1. The molecule has 0 aliphatic rings. The second kappa shape index (κ2) is 4.66. The quantitative estimate of drug-likeness (QED) is 0.859. The summed E-state index contributed by atoms with van der Waals surface area (Å²) in [5.41, 5.74) is 7.65. The number of ether oxygens (including phenoxy) is 1. The van der Waals surface area contributed by atoms with E-state index >= 15 is 0 Å². The summed E-state index contributed by atoms with van der Waals surface area (Å²) >= 11 is 0. The molecule has 0 aliphatic heterocycles. The number of oxazole rings is 1. The Bertz CT molecular complexity index is 616. The molecule has 0 amide bonds. The number of nitrogens with zero attached hydrogens (tertiary/aromatic N) is 1. The molecule has 19 heavy (non-hydrogen) atoms. The van der Waals surface area contributed by atoms with Crippen LogP contribution in [0, 0.1) is 12.3 Å². The van der Waals surface area contributed by atoms with Gasteiger partial charge in [0, 0.05) is 13.0 Å². The summed E-state index contributed by atoms with van der Waals surface area (Å²) in [5.74, 6) is 0.266. The van der Waals surface area contributed by atoms with Gasteiger partial charge in [0.1, 0.15) is 5.52 Å². The average molecular weight is 262 g/mol. The first-order valence-corrected chi connectivity index (χ1v) is 6.07. The number of hydrogen-bond acceptors (Lipinski definition) is 5. The molecule has 2 rings (SSSR count). The summed E-state index contributed by atoms with van der Waals surface area (Å²) in [6.45, 7) is 5.32. The molecule has 1 unspecified atom stereocenters. The Morgan fingerprint density at radius 3 is 2.79 bits per heavy atom. The van der Waals surface area contributed by atoms with Gasteiger partial charge in [-0.2, -0.15) is 0 Å². The summed E-state index contributed by atoms with van der Waals surface area (Å²) < 4.78 is 10.3. The van der Waals surface area contributed by atoms with Gasteiger partial charge in [0.2, 0.25) is 0 Å². The molecule has 1 aromatic carbocycles. The Labute approximate surface area is 111 Å². The van der Waals surface area contributed by atoms with Crippen LogP contribution in [0.4, 0.5) is 0 Å². The lowest BCUT2D eigenvalue weighted by molar-refractivity contribution is -0.152. The zero-order valence-corrected chi connectivity index (χ0v) is 11.6. The predicted octanol–water partition coefficient (Wildman–Crippen LogP) is 2.34. The Kier molecular flexibility index (Phi) is 3.32. The van der Waals surface area contributed by atoms with Gasteiger partial charge < -0.3 is 14.9 Å². The minimum atomic E-state index is -0.808. The van der Waals surface area contributed by atoms with Crippen LogP contribution in [0.25, 0.3) is 11.1 Å². The van der Waals surface area contributed by atoms with Crippen LogP contribution in [0.1, 0.15) is 31.3 Å². The monoisotopic (exact) mass is 262 g/mol. The molecular formula is C14H18N2O3. The number of aromatic nitrogens is 1. The van der Waals surface area contributed by atoms with E-state index in [4.69, 9.17) is 14.9 Å². The number of nitrogens with two attached hydrogens (primary N) is 1. The van der Waals surface area contributed by atoms with Gasteiger partial charge in [-0.25, -0.2) is 4.98 Å². The first-order valence-electron chi connectivity index (χ1n) is 6.07. The Hall–Kier alpha value is -1.88. The molecule has 0 saturated carbocycles. The first kappa shape index (κ1) is 13.5. The number of carbonyl (C=O) groups is 1. The highest BCUT2D eigenvalue weighted by Crippen LogP contribution is 2.33. The highest BCUT2D eigenvalue weighted by Gasteiger charge is 2.36. The van der Waals surface area contributed by atoms with Crippen LogP contribution in [0.15, 0.2) is 22.6 Å². The van der Waals surface area contributed by atoms with Gasteiger partial charge in [0.15, 0.2) is 11.5 Å². The van der Waals surface area contributed by atoms with Gasteiger partial charge >= 0.3 is 5.97 Å². The number of rotatable bonds is 3. The predicted molar refractivity (Wildman–Crippen MR) is 71.5 cm³/mol. The number of aryl methyl sites for hydroxylation is 1. The molecule has 0 aliphatic carbocycles. The zero-order valence-electron chi connectivity index (χ0n) is 11.6. The topological polar surface area (TPSA) is 78.4 Å². The van der Waals surface area contributed by atoms with Crippen molar-refractivity contribution >= 4 is 17.1 Å². The van der Waals surface area contributed by atoms with Crippen molar-refractivity contribution in [2.24, 2.45) is 11.1 Å². The van der Waals surface area contributed by atoms with Crippen LogP contribution in [0.5, 0.6) is 0 Å². The second-order valence-electron chi connectivity index (χ2n) is 5.15. The Morgan fingerprint density at radius 1 is 1.47 bits per heavy atom. The fraction of sp³-hybridized carbons (Fsp3) is 0.429. The zero-order chi connectivity index (χ0) is 14.2. The van der Waals surface area contributed by atoms with E-state index in [9.17, 15) is 4.79 Å². The third-order valence-electron chi connectivity index (χ3n) is 3.37. The van der Waals surface area contributed by atoms with E-state index in [1.807, 2.05) is 18.2 Å². The van der Waals surface area contributed by atoms with Gasteiger partial charge in [0.05, 0.1) is 12.5 Å². The van der Waals surface area contributed by atoms with Crippen LogP contribution in [0.3, 0.4) is 0 Å². The molecule has 5 heteroatoms. The van der Waals surface area contributed by atoms with E-state index in [1.54, 1.807) is 20.8 Å². The van der Waals surface area contributed by atoms with E-state index < -0.39 is 11.5 Å². The number of hydrogen-bond donors (Lipinski definition) is 1. The molecule has 0 radical (unpaired) electrons. The fourth-order valence-electron chi connectivity index (χ4n) is 2.06. The van der Waals surface area contributed by atoms with Crippen molar-refractivity contribution in [3.8, 4) is 0 Å². The molecule has 5 nitrogen and oxygen atoms in total. The van der Waals surface area contributed by atoms with Crippen LogP contribution in [-0.2, 0) is 9.53 Å². The minimum absolute atomic E-state index is 0.339. The van der Waals surface area contributed by atoms with Crippen molar-refractivity contribution in [2.75, 3.05) is 7.11 Å². The maximum Gasteiger partial charge on any atom is 0.313 e. The van der Waals surface area contributed by atoms with Gasteiger partial charge in [-0.15, -0.1) is 0 Å². The van der Waals surface area contributed by atoms with Crippen molar-refractivity contribution in [3.63, 3.8) is 0 Å². The van der Waals surface area contributed by atoms with Crippen LogP contribution in [0.2, 0.25) is 0 Å². The maximum absolute atomic E-state index is 11.8. The van der Waals surface area contributed by atoms with E-state index in [-0.39, 0.29) is 5.97 Å². The molecule has 0 fully saturated rings. The minimum Gasteiger partial charge on any atom is -0.469 e. The van der Waals surface area contributed by atoms with Crippen LogP contribution < -0.4 is 5.73 Å². The lowest BCUT2D eigenvalue weighted by atomic mass is 9.81. The number of benzene rings is 1. The van der Waals surface area contributed by atoms with Gasteiger partial charge in [-0.3, -0.25) is 4.79 Å². The smallest absolute Gasteiger partial charge is 0.313 e. The number of carbonyl (C=O) groups excluding carboxylic acids is 1. The molecular weight excluding hydrogens is 244 g/mol. The van der Waals surface area contributed by atoms with Crippen molar-refractivity contribution < 1.29 is 13.9 Å². The van der Waals surface area contributed by atoms with Crippen molar-refractivity contribution in [1.29, 1.82) is 0 Å². The van der Waals surface area contributed by atoms with Crippen molar-refractivity contribution in [1.82, 2.24) is 4.98 Å². The fourth-order valence-corrected chi connectivity index (χ4v) is 2.06. The molecule has 1 aromatic heterocycles. The molecule has 1 heterocycles. The molecule has 102 valence electrons. The van der Waals surface area contributed by atoms with Gasteiger partial charge in [-0.05, 0) is 31.5 Å². The third-order valence-corrected chi connectivity index (χ3v) is 3.37. The lowest BCUT2D eigenvalue weighted by Crippen LogP contribution is -2.37. The number of methoxy groups -OCH3 is 1. The normalized spacial score (nSPS) is 13.5. The highest BCUT2D eigenvalue weighted by molar-refractivity contribution is 5.78. The van der Waals surface area contributed by atoms with Crippen molar-refractivity contribution in [2.45, 2.75) is 26.8 Å². The van der Waals surface area contributed by atoms with E-state index in [0.717, 1.165) is 11.1 Å². The average Bonchev–Trinajstić information content (AvgIpc) is 2.75. The summed E-state index contributed by atoms with van der Waals surface area (Å²) in [6.07, 6.45) is 0. The first-order chi connectivity index (χ1) is 8.86. The van der Waals surface area contributed by atoms with E-state index in [0.29, 0.717) is 11.5 Å². The largest absolute Gasteiger partial charge is 0.469 e. The third kappa shape index (κ3) is 2.33. The SMILES string of the molecule is COC(=O)C(C)(C)C(N)c1ccc2nc(C)oc2c1. The summed E-state index contributed by atoms with van der Waals surface area (Å²) in [7, 11) is 1.36. The summed E-state index contributed by atoms with van der Waals surface area (Å²) in [6, 6.07) is 5.05. The summed E-state index contributed by atoms with van der Waals surface area (Å²) in [4.78, 5) is 16.0. The lowest BCUT2D eigenvalue weighted by Gasteiger charge is -2.28. The molecule has 2 N–H and O–H groups in total. The molecule has 2 aromatic rings. The standard InChI is InChI=1S/C14H18N2O3/c1-8-16-10-6-5-9(7-11(10)19-8)12(15)14(2,3)13(17)18-4/h5-7,12H,15H2,1-4H3. The van der Waals surface area contributed by atoms with E-state index in [2.05, 4.69) is 4.98 Å². The maximum atomic E-state index is 11.8. The molecule has 0 bridgehead atoms. The number of esters is 1. The second-order valence-corrected chi connectivity index (χ2v) is 5.15. The van der Waals surface area contributed by atoms with Crippen LogP contribution >= 0.6 is 0 Å². The molecule has 0 spiro atoms. The van der Waals surface area contributed by atoms with Gasteiger partial charge in [-0.1, -0.05) is 6.07 Å². The Morgan fingerprint density at radius 2 is 2.16 bits per heavy atom. The van der Waals surface area contributed by atoms with Crippen molar-refractivity contribution in [3.05, 3.63) is 29.7 Å².